The molecule has 132 valence electrons. The fourth-order valence-electron chi connectivity index (χ4n) is 2.81. The molecule has 1 N–H and O–H groups in total. The Balaban J connectivity index is 2.60. The molecule has 0 saturated carbocycles. The summed E-state index contributed by atoms with van der Waals surface area (Å²) >= 11 is 6.45. The second kappa shape index (κ2) is 8.03. The van der Waals surface area contributed by atoms with Gasteiger partial charge in [-0.05, 0) is 19.4 Å². The molecule has 0 atom stereocenters. The lowest BCUT2D eigenvalue weighted by Gasteiger charge is -2.28. The fraction of sp³-hybridized carbons (Fsp3) is 0.263. The van der Waals surface area contributed by atoms with Gasteiger partial charge >= 0.3 is 11.9 Å². The number of carbonyl (C=O) groups excluding carboxylic acids is 2. The number of rotatable bonds is 4. The maximum atomic E-state index is 12.3. The summed E-state index contributed by atoms with van der Waals surface area (Å²) in [5.74, 6) is -1.73. The van der Waals surface area contributed by atoms with E-state index in [1.807, 2.05) is 30.3 Å². The van der Waals surface area contributed by atoms with Crippen molar-refractivity contribution < 1.29 is 19.1 Å². The van der Waals surface area contributed by atoms with Crippen LogP contribution in [0.5, 0.6) is 0 Å². The second-order valence-electron chi connectivity index (χ2n) is 5.54. The van der Waals surface area contributed by atoms with E-state index in [0.717, 1.165) is 5.56 Å². The van der Waals surface area contributed by atoms with Gasteiger partial charge in [-0.15, -0.1) is 0 Å². The van der Waals surface area contributed by atoms with Crippen molar-refractivity contribution in [2.24, 2.45) is 5.92 Å². The molecule has 0 aliphatic carbocycles. The van der Waals surface area contributed by atoms with Gasteiger partial charge in [0.1, 0.15) is 0 Å². The van der Waals surface area contributed by atoms with Gasteiger partial charge in [0.2, 0.25) is 0 Å². The molecule has 1 aliphatic rings. The number of benzene rings is 1. The zero-order valence-electron chi connectivity index (χ0n) is 14.6. The number of hydrogen-bond acceptors (Lipinski definition) is 5. The summed E-state index contributed by atoms with van der Waals surface area (Å²) in [6.07, 6.45) is 1.67. The first kappa shape index (κ1) is 18.8. The summed E-state index contributed by atoms with van der Waals surface area (Å²) in [7, 11) is 2.59. The number of hydrogen-bond donors (Lipinski definition) is 1. The molecule has 0 unspecified atom stereocenters. The zero-order chi connectivity index (χ0) is 18.6. The lowest BCUT2D eigenvalue weighted by molar-refractivity contribution is -0.137. The third-order valence-corrected chi connectivity index (χ3v) is 4.32. The highest BCUT2D eigenvalue weighted by Gasteiger charge is 2.35. The van der Waals surface area contributed by atoms with Crippen LogP contribution in [0.1, 0.15) is 19.4 Å². The molecule has 2 rings (SSSR count). The third-order valence-electron chi connectivity index (χ3n) is 3.98. The first-order valence-corrected chi connectivity index (χ1v) is 8.06. The molecule has 1 aromatic carbocycles. The minimum Gasteiger partial charge on any atom is -0.466 e. The van der Waals surface area contributed by atoms with Crippen LogP contribution >= 0.6 is 11.6 Å². The smallest absolute Gasteiger partial charge is 0.336 e. The number of carbonyl (C=O) groups is 2. The number of nitrogens with one attached hydrogen (secondary N) is 1. The predicted molar refractivity (Wildman–Crippen MR) is 96.3 cm³/mol. The highest BCUT2D eigenvalue weighted by molar-refractivity contribution is 6.48. The van der Waals surface area contributed by atoms with Gasteiger partial charge in [0.15, 0.2) is 0 Å². The number of methoxy groups -OCH3 is 2. The van der Waals surface area contributed by atoms with Gasteiger partial charge in [0.05, 0.1) is 25.4 Å². The number of esters is 2. The molecular formula is C19H20ClNO4. The molecule has 6 heteroatoms. The van der Waals surface area contributed by atoms with Crippen molar-refractivity contribution >= 4 is 28.6 Å². The fourth-order valence-corrected chi connectivity index (χ4v) is 3.07. The molecule has 1 aromatic rings. The largest absolute Gasteiger partial charge is 0.466 e. The lowest BCUT2D eigenvalue weighted by Crippen LogP contribution is -2.32. The van der Waals surface area contributed by atoms with Gasteiger partial charge in [-0.25, -0.2) is 9.59 Å². The molecule has 0 saturated heterocycles. The van der Waals surface area contributed by atoms with Crippen LogP contribution in [0.2, 0.25) is 0 Å². The van der Waals surface area contributed by atoms with Gasteiger partial charge in [-0.2, -0.15) is 0 Å². The first-order chi connectivity index (χ1) is 11.9. The van der Waals surface area contributed by atoms with Crippen molar-refractivity contribution in [3.05, 3.63) is 64.5 Å². The average Bonchev–Trinajstić information content (AvgIpc) is 2.61. The van der Waals surface area contributed by atoms with Crippen LogP contribution in [0.15, 0.2) is 58.9 Å². The number of dihydropyridines is 1. The van der Waals surface area contributed by atoms with E-state index in [4.69, 9.17) is 21.1 Å². The van der Waals surface area contributed by atoms with Crippen molar-refractivity contribution in [3.8, 4) is 0 Å². The van der Waals surface area contributed by atoms with Crippen molar-refractivity contribution in [2.45, 2.75) is 13.8 Å². The quantitative estimate of drug-likeness (QED) is 0.833. The molecule has 25 heavy (non-hydrogen) atoms. The highest BCUT2D eigenvalue weighted by atomic mass is 35.5. The summed E-state index contributed by atoms with van der Waals surface area (Å²) in [5.41, 5.74) is 2.64. The van der Waals surface area contributed by atoms with E-state index < -0.39 is 17.9 Å². The van der Waals surface area contributed by atoms with E-state index in [2.05, 4.69) is 5.32 Å². The zero-order valence-corrected chi connectivity index (χ0v) is 15.3. The van der Waals surface area contributed by atoms with Crippen LogP contribution in [-0.4, -0.2) is 26.2 Å². The molecule has 0 spiro atoms. The van der Waals surface area contributed by atoms with E-state index >= 15 is 0 Å². The summed E-state index contributed by atoms with van der Waals surface area (Å²) < 4.78 is 9.78. The number of allylic oxidation sites excluding steroid dienone is 3. The average molecular weight is 362 g/mol. The topological polar surface area (TPSA) is 64.6 Å². The van der Waals surface area contributed by atoms with Crippen LogP contribution in [0, 0.1) is 5.92 Å². The predicted octanol–water partition coefficient (Wildman–Crippen LogP) is 3.38. The van der Waals surface area contributed by atoms with Gasteiger partial charge in [0.25, 0.3) is 0 Å². The maximum Gasteiger partial charge on any atom is 0.336 e. The van der Waals surface area contributed by atoms with Crippen molar-refractivity contribution in [1.82, 2.24) is 5.32 Å². The Morgan fingerprint density at radius 3 is 1.92 bits per heavy atom. The van der Waals surface area contributed by atoms with Crippen LogP contribution in [0.25, 0.3) is 5.03 Å². The maximum absolute atomic E-state index is 12.3. The Hall–Kier alpha value is -2.53. The van der Waals surface area contributed by atoms with E-state index in [1.165, 1.54) is 14.2 Å². The Morgan fingerprint density at radius 1 is 1.00 bits per heavy atom. The molecule has 0 fully saturated rings. The van der Waals surface area contributed by atoms with Gasteiger partial charge in [-0.3, -0.25) is 0 Å². The molecule has 1 heterocycles. The van der Waals surface area contributed by atoms with Crippen molar-refractivity contribution in [1.29, 1.82) is 0 Å². The summed E-state index contributed by atoms with van der Waals surface area (Å²) in [5, 5.41) is 3.46. The summed E-state index contributed by atoms with van der Waals surface area (Å²) in [6.45, 7) is 3.50. The Morgan fingerprint density at radius 2 is 1.48 bits per heavy atom. The first-order valence-electron chi connectivity index (χ1n) is 7.68. The summed E-state index contributed by atoms with van der Waals surface area (Å²) in [4.78, 5) is 24.6. The van der Waals surface area contributed by atoms with Gasteiger partial charge < -0.3 is 14.8 Å². The molecular weight excluding hydrogens is 342 g/mol. The van der Waals surface area contributed by atoms with E-state index in [9.17, 15) is 9.59 Å². The Bertz CT molecular complexity index is 740. The normalized spacial score (nSPS) is 15.8. The van der Waals surface area contributed by atoms with E-state index in [1.54, 1.807) is 19.9 Å². The monoisotopic (exact) mass is 361 g/mol. The molecule has 5 nitrogen and oxygen atoms in total. The van der Waals surface area contributed by atoms with E-state index in [0.29, 0.717) is 27.6 Å². The number of halogens is 1. The van der Waals surface area contributed by atoms with Crippen LogP contribution in [-0.2, 0) is 19.1 Å². The SMILES string of the molecule is COC(=O)C1=C(C)NC(C)=C(C(=O)OC)C1/C=C(\Cl)c1ccccc1. The Kier molecular flexibility index (Phi) is 6.04. The second-order valence-corrected chi connectivity index (χ2v) is 5.95. The number of ether oxygens (including phenoxy) is 2. The standard InChI is InChI=1S/C19H20ClNO4/c1-11-16(18(22)24-3)14(17(12(2)21-11)19(23)25-4)10-15(20)13-8-6-5-7-9-13/h5-10,14,21H,1-4H3/b15-10-. The minimum atomic E-state index is -0.672. The molecule has 0 amide bonds. The van der Waals surface area contributed by atoms with Gasteiger partial charge in [-0.1, -0.05) is 48.0 Å². The Labute approximate surface area is 152 Å². The van der Waals surface area contributed by atoms with Crippen LogP contribution < -0.4 is 5.32 Å². The molecule has 0 radical (unpaired) electrons. The third kappa shape index (κ3) is 3.94. The molecule has 0 aromatic heterocycles. The van der Waals surface area contributed by atoms with Gasteiger partial charge in [0, 0.05) is 22.3 Å². The summed E-state index contributed by atoms with van der Waals surface area (Å²) in [6, 6.07) is 9.30. The highest BCUT2D eigenvalue weighted by Crippen LogP contribution is 2.35. The van der Waals surface area contributed by atoms with Crippen LogP contribution in [0.3, 0.4) is 0 Å². The van der Waals surface area contributed by atoms with Crippen molar-refractivity contribution in [2.75, 3.05) is 14.2 Å². The van der Waals surface area contributed by atoms with E-state index in [-0.39, 0.29) is 0 Å². The lowest BCUT2D eigenvalue weighted by atomic mass is 9.84. The molecule has 0 bridgehead atoms. The van der Waals surface area contributed by atoms with Crippen LogP contribution in [0.4, 0.5) is 0 Å². The minimum absolute atomic E-state index is 0.322. The van der Waals surface area contributed by atoms with Crippen molar-refractivity contribution in [3.63, 3.8) is 0 Å². The molecule has 1 aliphatic heterocycles.